The van der Waals surface area contributed by atoms with Crippen LogP contribution in [0.4, 0.5) is 0 Å². The van der Waals surface area contributed by atoms with E-state index in [0.717, 1.165) is 0 Å². The number of hydrogen-bond acceptors (Lipinski definition) is 4. The van der Waals surface area contributed by atoms with Crippen LogP contribution in [0.25, 0.3) is 0 Å². The highest BCUT2D eigenvalue weighted by atomic mass is 35.5. The first kappa shape index (κ1) is 17.3. The molecule has 0 amide bonds. The van der Waals surface area contributed by atoms with Gasteiger partial charge in [0.05, 0.1) is 0 Å². The molecule has 6 heteroatoms. The molecule has 5 nitrogen and oxygen atoms in total. The summed E-state index contributed by atoms with van der Waals surface area (Å²) in [7, 11) is 0. The first-order chi connectivity index (χ1) is 10.9. The zero-order chi connectivity index (χ0) is 16.9. The van der Waals surface area contributed by atoms with Crippen molar-refractivity contribution in [2.75, 3.05) is 6.61 Å². The van der Waals surface area contributed by atoms with Crippen LogP contribution in [0.3, 0.4) is 0 Å². The van der Waals surface area contributed by atoms with Crippen molar-refractivity contribution in [1.82, 2.24) is 14.8 Å². The van der Waals surface area contributed by atoms with Gasteiger partial charge in [-0.2, -0.15) is 5.10 Å². The maximum atomic E-state index is 6.11. The third-order valence-corrected chi connectivity index (χ3v) is 3.48. The van der Waals surface area contributed by atoms with Crippen LogP contribution >= 0.6 is 11.6 Å². The molecule has 0 radical (unpaired) electrons. The Labute approximate surface area is 141 Å². The Morgan fingerprint density at radius 1 is 1.30 bits per heavy atom. The predicted octanol–water partition coefficient (Wildman–Crippen LogP) is 3.57. The molecule has 0 N–H and O–H groups in total. The monoisotopic (exact) mass is 333 g/mol. The van der Waals surface area contributed by atoms with Gasteiger partial charge in [-0.25, -0.2) is 9.67 Å². The van der Waals surface area contributed by atoms with Crippen molar-refractivity contribution < 1.29 is 9.47 Å². The van der Waals surface area contributed by atoms with E-state index in [2.05, 4.69) is 36.8 Å². The van der Waals surface area contributed by atoms with E-state index >= 15 is 0 Å². The minimum atomic E-state index is -0.507. The van der Waals surface area contributed by atoms with Crippen molar-refractivity contribution in [2.24, 2.45) is 5.41 Å². The van der Waals surface area contributed by atoms with Gasteiger partial charge in [-0.05, 0) is 29.7 Å². The first-order valence-corrected chi connectivity index (χ1v) is 7.61. The molecule has 1 heterocycles. The molecule has 122 valence electrons. The summed E-state index contributed by atoms with van der Waals surface area (Å²) in [5, 5.41) is 4.84. The number of benzene rings is 1. The molecule has 2 unspecified atom stereocenters. The summed E-state index contributed by atoms with van der Waals surface area (Å²) in [5.41, 5.74) is -0.222. The highest BCUT2D eigenvalue weighted by Gasteiger charge is 2.36. The summed E-state index contributed by atoms with van der Waals surface area (Å²) in [6, 6.07) is 7.13. The van der Waals surface area contributed by atoms with E-state index in [1.165, 1.54) is 6.33 Å². The second kappa shape index (κ2) is 7.49. The lowest BCUT2D eigenvalue weighted by Gasteiger charge is -2.36. The average molecular weight is 334 g/mol. The highest BCUT2D eigenvalue weighted by molar-refractivity contribution is 6.30. The molecule has 0 saturated heterocycles. The van der Waals surface area contributed by atoms with Crippen LogP contribution in [0.5, 0.6) is 5.75 Å². The van der Waals surface area contributed by atoms with Crippen molar-refractivity contribution in [2.45, 2.75) is 33.1 Å². The quantitative estimate of drug-likeness (QED) is 0.758. The molecule has 23 heavy (non-hydrogen) atoms. The van der Waals surface area contributed by atoms with E-state index in [4.69, 9.17) is 27.5 Å². The van der Waals surface area contributed by atoms with Gasteiger partial charge in [0.15, 0.2) is 0 Å². The lowest BCUT2D eigenvalue weighted by molar-refractivity contribution is -0.105. The van der Waals surface area contributed by atoms with Crippen molar-refractivity contribution >= 4 is 11.6 Å². The van der Waals surface area contributed by atoms with Crippen molar-refractivity contribution in [1.29, 1.82) is 0 Å². The third-order valence-electron chi connectivity index (χ3n) is 3.23. The van der Waals surface area contributed by atoms with Gasteiger partial charge in [0.2, 0.25) is 6.23 Å². The zero-order valence-corrected chi connectivity index (χ0v) is 14.2. The van der Waals surface area contributed by atoms with Crippen molar-refractivity contribution in [3.8, 4) is 18.1 Å². The smallest absolute Gasteiger partial charge is 0.219 e. The molecule has 0 spiro atoms. The highest BCUT2D eigenvalue weighted by Crippen LogP contribution is 2.33. The number of terminal acetylenes is 1. The van der Waals surface area contributed by atoms with E-state index in [0.29, 0.717) is 10.8 Å². The molecule has 1 aromatic carbocycles. The lowest BCUT2D eigenvalue weighted by atomic mass is 9.87. The first-order valence-electron chi connectivity index (χ1n) is 7.23. The van der Waals surface area contributed by atoms with Gasteiger partial charge in [0, 0.05) is 5.02 Å². The predicted molar refractivity (Wildman–Crippen MR) is 89.2 cm³/mol. The van der Waals surface area contributed by atoms with Crippen LogP contribution in [0.2, 0.25) is 5.02 Å². The second-order valence-electron chi connectivity index (χ2n) is 6.14. The lowest BCUT2D eigenvalue weighted by Crippen LogP contribution is -2.41. The molecule has 0 saturated carbocycles. The molecule has 0 aliphatic rings. The van der Waals surface area contributed by atoms with Gasteiger partial charge in [0.25, 0.3) is 0 Å². The standard InChI is InChI=1S/C17H20ClN3O2/c1-5-10-22-15(17(2,3)4)16(21-12-19-11-20-21)23-14-8-6-13(18)7-9-14/h1,6-9,11-12,15-16H,10H2,2-4H3. The molecule has 2 atom stereocenters. The van der Waals surface area contributed by atoms with Gasteiger partial charge in [0.1, 0.15) is 31.1 Å². The maximum absolute atomic E-state index is 6.11. The molecular formula is C17H20ClN3O2. The summed E-state index contributed by atoms with van der Waals surface area (Å²) in [4.78, 5) is 4.00. The summed E-state index contributed by atoms with van der Waals surface area (Å²) in [6.45, 7) is 6.37. The van der Waals surface area contributed by atoms with E-state index in [9.17, 15) is 0 Å². The van der Waals surface area contributed by atoms with Gasteiger partial charge in [-0.3, -0.25) is 0 Å². The molecule has 1 aromatic heterocycles. The van der Waals surface area contributed by atoms with Crippen LogP contribution in [0.1, 0.15) is 27.0 Å². The minimum Gasteiger partial charge on any atom is -0.466 e. The fraction of sp³-hybridized carbons (Fsp3) is 0.412. The largest absolute Gasteiger partial charge is 0.466 e. The Morgan fingerprint density at radius 3 is 2.52 bits per heavy atom. The summed E-state index contributed by atoms with van der Waals surface area (Å²) in [5.74, 6) is 3.16. The maximum Gasteiger partial charge on any atom is 0.219 e. The van der Waals surface area contributed by atoms with Crippen molar-refractivity contribution in [3.05, 3.63) is 41.9 Å². The Balaban J connectivity index is 2.32. The van der Waals surface area contributed by atoms with Crippen LogP contribution in [0, 0.1) is 17.8 Å². The van der Waals surface area contributed by atoms with Crippen LogP contribution in [-0.2, 0) is 4.74 Å². The van der Waals surface area contributed by atoms with E-state index < -0.39 is 6.23 Å². The van der Waals surface area contributed by atoms with E-state index in [1.807, 2.05) is 0 Å². The molecule has 2 rings (SSSR count). The second-order valence-corrected chi connectivity index (χ2v) is 6.58. The number of rotatable bonds is 6. The number of nitrogens with zero attached hydrogens (tertiary/aromatic N) is 3. The Bertz CT molecular complexity index is 642. The van der Waals surface area contributed by atoms with Crippen LogP contribution < -0.4 is 4.74 Å². The number of aromatic nitrogens is 3. The summed E-state index contributed by atoms with van der Waals surface area (Å²) >= 11 is 5.92. The van der Waals surface area contributed by atoms with Crippen LogP contribution in [0.15, 0.2) is 36.9 Å². The van der Waals surface area contributed by atoms with Gasteiger partial charge < -0.3 is 9.47 Å². The molecule has 2 aromatic rings. The molecule has 0 bridgehead atoms. The third kappa shape index (κ3) is 4.72. The SMILES string of the molecule is C#CCOC(C(Oc1ccc(Cl)cc1)n1cncn1)C(C)(C)C. The van der Waals surface area contributed by atoms with Gasteiger partial charge in [-0.15, -0.1) is 6.42 Å². The Morgan fingerprint density at radius 2 is 2.00 bits per heavy atom. The Kier molecular flexibility index (Phi) is 5.64. The number of ether oxygens (including phenoxy) is 2. The fourth-order valence-electron chi connectivity index (χ4n) is 2.15. The van der Waals surface area contributed by atoms with Gasteiger partial charge >= 0.3 is 0 Å². The number of halogens is 1. The molecular weight excluding hydrogens is 314 g/mol. The van der Waals surface area contributed by atoms with Crippen molar-refractivity contribution in [3.63, 3.8) is 0 Å². The zero-order valence-electron chi connectivity index (χ0n) is 13.4. The van der Waals surface area contributed by atoms with E-state index in [1.54, 1.807) is 35.3 Å². The average Bonchev–Trinajstić information content (AvgIpc) is 3.01. The minimum absolute atomic E-state index is 0.192. The number of hydrogen-bond donors (Lipinski definition) is 0. The molecule has 0 fully saturated rings. The molecule has 0 aliphatic heterocycles. The normalized spacial score (nSPS) is 14.0. The Hall–Kier alpha value is -2.03. The summed E-state index contributed by atoms with van der Waals surface area (Å²) < 4.78 is 13.6. The topological polar surface area (TPSA) is 49.2 Å². The van der Waals surface area contributed by atoms with Gasteiger partial charge in [-0.1, -0.05) is 38.3 Å². The summed E-state index contributed by atoms with van der Waals surface area (Å²) in [6.07, 6.45) is 7.57. The fourth-order valence-corrected chi connectivity index (χ4v) is 2.28. The van der Waals surface area contributed by atoms with E-state index in [-0.39, 0.29) is 18.1 Å². The van der Waals surface area contributed by atoms with Crippen LogP contribution in [-0.4, -0.2) is 27.5 Å². The molecule has 0 aliphatic carbocycles.